The van der Waals surface area contributed by atoms with Crippen molar-refractivity contribution in [2.75, 3.05) is 20.6 Å². The molecule has 4 nitrogen and oxygen atoms in total. The van der Waals surface area contributed by atoms with Crippen molar-refractivity contribution < 1.29 is 49.5 Å². The highest BCUT2D eigenvalue weighted by atomic mass is 16.5. The highest BCUT2D eigenvalue weighted by Gasteiger charge is 2.07. The van der Waals surface area contributed by atoms with Crippen LogP contribution < -0.4 is 14.2 Å². The molecule has 1 N–H and O–H groups in total. The smallest absolute Gasteiger partial charge is 0.160 e. The fourth-order valence-electron chi connectivity index (χ4n) is 1.45. The first-order chi connectivity index (χ1) is 20.6. The quantitative estimate of drug-likeness (QED) is 0.686. The van der Waals surface area contributed by atoms with Crippen LogP contribution in [0, 0.1) is 6.92 Å². The number of methoxy groups -OCH3 is 2. The molecule has 0 spiro atoms. The molecule has 1 unspecified atom stereocenters. The van der Waals surface area contributed by atoms with E-state index in [1.165, 1.54) is 0 Å². The number of rotatable bonds is 10. The van der Waals surface area contributed by atoms with Crippen LogP contribution >= 0.6 is 0 Å². The molecule has 0 amide bonds. The lowest BCUT2D eigenvalue weighted by molar-refractivity contribution is 0.0976. The predicted octanol–water partition coefficient (Wildman–Crippen LogP) is 4.16. The van der Waals surface area contributed by atoms with Crippen molar-refractivity contribution in [2.24, 2.45) is 0 Å². The van der Waals surface area contributed by atoms with Crippen molar-refractivity contribution in [3.63, 3.8) is 0 Å². The first-order valence-corrected chi connectivity index (χ1v) is 6.66. The van der Waals surface area contributed by atoms with Crippen molar-refractivity contribution in [2.45, 2.75) is 38.5 Å². The molecule has 1 atom stereocenters. The Morgan fingerprint density at radius 3 is 2.88 bits per heavy atom. The van der Waals surface area contributed by atoms with Crippen molar-refractivity contribution in [3.05, 3.63) is 53.4 Å². The van der Waals surface area contributed by atoms with Gasteiger partial charge in [0.25, 0.3) is 0 Å². The van der Waals surface area contributed by atoms with E-state index in [1.54, 1.807) is 0 Å². The van der Waals surface area contributed by atoms with Crippen LogP contribution in [0.1, 0.15) is 60.5 Å². The van der Waals surface area contributed by atoms with E-state index in [-0.39, 0.29) is 5.56 Å². The Bertz CT molecular complexity index is 1500. The third-order valence-electron chi connectivity index (χ3n) is 2.48. The van der Waals surface area contributed by atoms with Gasteiger partial charge >= 0.3 is 0 Å². The zero-order chi connectivity index (χ0) is 37.3. The number of aliphatic hydroxyl groups is 1. The van der Waals surface area contributed by atoms with Gasteiger partial charge in [0.05, 0.1) is 42.1 Å². The summed E-state index contributed by atoms with van der Waals surface area (Å²) in [7, 11) is -6.89. The molecule has 0 radical (unpaired) electrons. The van der Waals surface area contributed by atoms with Gasteiger partial charge in [-0.05, 0) is 61.3 Å². The second kappa shape index (κ2) is 9.94. The lowest BCUT2D eigenvalue weighted by atomic mass is 10.0. The van der Waals surface area contributed by atoms with Crippen LogP contribution in [0.3, 0.4) is 0 Å². The van der Waals surface area contributed by atoms with Gasteiger partial charge in [-0.25, -0.2) is 0 Å². The van der Waals surface area contributed by atoms with E-state index >= 15 is 0 Å². The van der Waals surface area contributed by atoms with E-state index in [2.05, 4.69) is 9.47 Å². The molecule has 0 saturated heterocycles. The van der Waals surface area contributed by atoms with Crippen LogP contribution in [-0.2, 0) is 6.37 Å². The maximum absolute atomic E-state index is 10.8. The molecular weight excluding hydrogens is 316 g/mol. The minimum absolute atomic E-state index is 0.277. The maximum Gasteiger partial charge on any atom is 0.160 e. The van der Waals surface area contributed by atoms with Crippen LogP contribution in [0.25, 0.3) is 0 Å². The van der Waals surface area contributed by atoms with E-state index in [0.29, 0.717) is 0 Å². The average molecular weight is 367 g/mol. The fraction of sp³-hybridized carbons (Fsp3) is 0.429. The molecule has 0 aliphatic heterocycles. The monoisotopic (exact) mass is 366 g/mol. The van der Waals surface area contributed by atoms with Crippen molar-refractivity contribution in [1.29, 1.82) is 0 Å². The number of ether oxygens (including phenoxy) is 3. The van der Waals surface area contributed by atoms with Crippen LogP contribution in [0.2, 0.25) is 0 Å². The van der Waals surface area contributed by atoms with Gasteiger partial charge in [-0.15, -0.1) is 0 Å². The van der Waals surface area contributed by atoms with Crippen LogP contribution in [0.15, 0.2) is 42.3 Å². The van der Waals surface area contributed by atoms with Gasteiger partial charge < -0.3 is 19.3 Å². The largest absolute Gasteiger partial charge is 0.493 e. The van der Waals surface area contributed by atoms with Crippen LogP contribution in [0.5, 0.6) is 17.2 Å². The SMILES string of the molecule is [2H]c1c([2H])c(C)c([2H])c(OC([2H])([2H])C([2H])(O)C([2H])([2H])CC([2H])([2H])C([2H])([2H])c2c([2H])c([2H])c(OC([2H])([2H])[2H])c(OC([2H])([2H])[2H])c2[2H])c1[2H]. The molecule has 2 aromatic carbocycles. The molecule has 136 valence electrons. The average Bonchev–Trinajstić information content (AvgIpc) is 2.87. The summed E-state index contributed by atoms with van der Waals surface area (Å²) in [6.07, 6.45) is -17.7. The van der Waals surface area contributed by atoms with Crippen molar-refractivity contribution in [1.82, 2.24) is 0 Å². The Labute approximate surface area is 181 Å². The van der Waals surface area contributed by atoms with E-state index < -0.39 is 117 Å². The van der Waals surface area contributed by atoms with Crippen LogP contribution in [0.4, 0.5) is 0 Å². The summed E-state index contributed by atoms with van der Waals surface area (Å²) in [5.41, 5.74) is -1.74. The Balaban J connectivity index is 2.70. The number of hydrogen-bond donors (Lipinski definition) is 1. The summed E-state index contributed by atoms with van der Waals surface area (Å²) in [6, 6.07) is -7.54. The lowest BCUT2D eigenvalue weighted by Crippen LogP contribution is -2.17. The molecule has 4 heteroatoms. The van der Waals surface area contributed by atoms with E-state index in [9.17, 15) is 5.11 Å². The Hall–Kier alpha value is -2.20. The summed E-state index contributed by atoms with van der Waals surface area (Å²) in [6.45, 7) is -2.83. The highest BCUT2D eigenvalue weighted by Crippen LogP contribution is 2.28. The zero-order valence-electron chi connectivity index (χ0n) is 34.9. The first-order valence-electron chi connectivity index (χ1n) is 17.7. The molecule has 0 aromatic heterocycles. The molecule has 0 fully saturated rings. The molecule has 25 heavy (non-hydrogen) atoms. The molecule has 0 saturated carbocycles. The molecule has 2 rings (SSSR count). The molecule has 0 aliphatic carbocycles. The van der Waals surface area contributed by atoms with Gasteiger partial charge in [-0.3, -0.25) is 0 Å². The minimum Gasteiger partial charge on any atom is -0.493 e. The van der Waals surface area contributed by atoms with Crippen molar-refractivity contribution >= 4 is 0 Å². The summed E-state index contributed by atoms with van der Waals surface area (Å²) in [5.74, 6) is -3.78. The normalized spacial score (nSPS) is 29.2. The Kier molecular flexibility index (Phi) is 2.05. The lowest BCUT2D eigenvalue weighted by Gasteiger charge is -2.13. The molecular formula is C21H28O4. The Morgan fingerprint density at radius 1 is 1.20 bits per heavy atom. The van der Waals surface area contributed by atoms with Crippen molar-refractivity contribution in [3.8, 4) is 17.2 Å². The van der Waals surface area contributed by atoms with Gasteiger partial charge in [0, 0.05) is 8.22 Å². The fourth-order valence-corrected chi connectivity index (χ4v) is 1.45. The standard InChI is InChI=1S/C21H28O4/c1-16-7-6-10-19(13-16)25-15-18(22)9-5-4-8-17-11-12-20(23-2)21(14-17)24-3/h6-7,10-14,18,22H,4-5,8-9,15H2,1-3H3/i2D3,3D3,4D2,6D,7D,8D2,9D2,10D,11D,12D,13D,14D,15D2,18D. The second-order valence-electron chi connectivity index (χ2n) is 4.27. The summed E-state index contributed by atoms with van der Waals surface area (Å²) in [5, 5.41) is 10.8. The minimum atomic E-state index is -4.21. The van der Waals surface area contributed by atoms with E-state index in [0.717, 1.165) is 6.92 Å². The third kappa shape index (κ3) is 6.31. The summed E-state index contributed by atoms with van der Waals surface area (Å²) >= 11 is 0. The van der Waals surface area contributed by atoms with E-state index in [4.69, 9.17) is 34.9 Å². The maximum atomic E-state index is 10.8. The molecule has 0 heterocycles. The number of benzene rings is 2. The third-order valence-corrected chi connectivity index (χ3v) is 2.48. The second-order valence-corrected chi connectivity index (χ2v) is 4.27. The van der Waals surface area contributed by atoms with Gasteiger partial charge in [0.15, 0.2) is 11.5 Å². The molecule has 2 aromatic rings. The predicted molar refractivity (Wildman–Crippen MR) is 99.8 cm³/mol. The van der Waals surface area contributed by atoms with Crippen LogP contribution in [-0.4, -0.2) is 31.8 Å². The topological polar surface area (TPSA) is 47.9 Å². The van der Waals surface area contributed by atoms with Gasteiger partial charge in [-0.1, -0.05) is 24.5 Å². The summed E-state index contributed by atoms with van der Waals surface area (Å²) < 4.78 is 188. The van der Waals surface area contributed by atoms with Gasteiger partial charge in [-0.2, -0.15) is 0 Å². The molecule has 0 aliphatic rings. The summed E-state index contributed by atoms with van der Waals surface area (Å²) in [4.78, 5) is 0. The van der Waals surface area contributed by atoms with E-state index in [1.807, 2.05) is 0 Å². The number of hydrogen-bond acceptors (Lipinski definition) is 4. The first kappa shape index (κ1) is 5.17. The zero-order valence-corrected chi connectivity index (χ0v) is 12.9. The highest BCUT2D eigenvalue weighted by molar-refractivity contribution is 5.42. The Morgan fingerprint density at radius 2 is 2.04 bits per heavy atom. The van der Waals surface area contributed by atoms with Gasteiger partial charge in [0.1, 0.15) is 12.3 Å². The van der Waals surface area contributed by atoms with Gasteiger partial charge in [0.2, 0.25) is 0 Å². The molecule has 0 bridgehead atoms.